The molecule has 3 fully saturated rings. The molecule has 2 heterocycles. The van der Waals surface area contributed by atoms with E-state index >= 15 is 0 Å². The van der Waals surface area contributed by atoms with Gasteiger partial charge < -0.3 is 9.84 Å². The lowest BCUT2D eigenvalue weighted by molar-refractivity contribution is -0.156. The number of hydrogen-bond acceptors (Lipinski definition) is 3. The van der Waals surface area contributed by atoms with E-state index < -0.39 is 35.8 Å². The first-order chi connectivity index (χ1) is 8.70. The smallest absolute Gasteiger partial charge is 0.411 e. The molecule has 0 radical (unpaired) electrons. The van der Waals surface area contributed by atoms with E-state index in [2.05, 4.69) is 0 Å². The lowest BCUT2D eigenvalue weighted by atomic mass is 9.73. The number of alkyl halides is 1. The molecule has 1 aliphatic carbocycles. The molecule has 0 aromatic rings. The largest absolute Gasteiger partial charge is 0.480 e. The number of carbonyl (C=O) groups excluding carboxylic acids is 1. The van der Waals surface area contributed by atoms with Crippen molar-refractivity contribution in [3.05, 3.63) is 0 Å². The predicted molar refractivity (Wildman–Crippen MR) is 65.5 cm³/mol. The number of carbonyl (C=O) groups is 2. The maximum Gasteiger partial charge on any atom is 0.411 e. The Morgan fingerprint density at radius 2 is 1.95 bits per heavy atom. The summed E-state index contributed by atoms with van der Waals surface area (Å²) in [5.74, 6) is -1.77. The molecule has 5 nitrogen and oxygen atoms in total. The summed E-state index contributed by atoms with van der Waals surface area (Å²) in [5.41, 5.74) is -0.689. The summed E-state index contributed by atoms with van der Waals surface area (Å²) in [5, 5.41) is 9.28. The van der Waals surface area contributed by atoms with Crippen LogP contribution in [0.15, 0.2) is 0 Å². The molecular weight excluding hydrogens is 253 g/mol. The molecular formula is C13H20FNO4. The molecule has 0 aromatic heterocycles. The van der Waals surface area contributed by atoms with Gasteiger partial charge in [-0.3, -0.25) is 4.90 Å². The minimum Gasteiger partial charge on any atom is -0.480 e. The van der Waals surface area contributed by atoms with Crippen molar-refractivity contribution in [3.8, 4) is 0 Å². The normalized spacial score (nSPS) is 34.2. The second-order valence-electron chi connectivity index (χ2n) is 6.32. The molecule has 2 saturated heterocycles. The zero-order valence-electron chi connectivity index (χ0n) is 11.4. The van der Waals surface area contributed by atoms with E-state index in [0.29, 0.717) is 12.8 Å². The fourth-order valence-electron chi connectivity index (χ4n) is 3.04. The molecule has 2 bridgehead atoms. The highest BCUT2D eigenvalue weighted by atomic mass is 19.1. The van der Waals surface area contributed by atoms with Gasteiger partial charge in [0.2, 0.25) is 0 Å². The number of fused-ring (bicyclic) bond motifs is 3. The minimum atomic E-state index is -1.15. The number of amides is 1. The van der Waals surface area contributed by atoms with Crippen LogP contribution in [0.1, 0.15) is 40.0 Å². The lowest BCUT2D eigenvalue weighted by Gasteiger charge is -2.50. The fraction of sp³-hybridized carbons (Fsp3) is 0.846. The van der Waals surface area contributed by atoms with E-state index in [1.165, 1.54) is 4.90 Å². The van der Waals surface area contributed by atoms with Gasteiger partial charge >= 0.3 is 12.1 Å². The lowest BCUT2D eigenvalue weighted by Crippen LogP contribution is -2.64. The number of hydrogen-bond donors (Lipinski definition) is 1. The molecule has 3 aliphatic rings. The summed E-state index contributed by atoms with van der Waals surface area (Å²) in [6.07, 6.45) is -0.413. The highest BCUT2D eigenvalue weighted by Gasteiger charge is 2.53. The number of ether oxygens (including phenoxy) is 1. The first-order valence-corrected chi connectivity index (χ1v) is 6.59. The zero-order valence-corrected chi connectivity index (χ0v) is 11.4. The third kappa shape index (κ3) is 2.67. The summed E-state index contributed by atoms with van der Waals surface area (Å²) in [6, 6.07) is -1.46. The highest BCUT2D eigenvalue weighted by Crippen LogP contribution is 2.42. The van der Waals surface area contributed by atoms with E-state index in [-0.39, 0.29) is 12.5 Å². The van der Waals surface area contributed by atoms with Gasteiger partial charge in [0.15, 0.2) is 0 Å². The number of piperidine rings is 2. The molecule has 1 saturated carbocycles. The van der Waals surface area contributed by atoms with Crippen molar-refractivity contribution in [1.82, 2.24) is 4.90 Å². The topological polar surface area (TPSA) is 66.8 Å². The molecule has 0 aromatic carbocycles. The van der Waals surface area contributed by atoms with Crippen LogP contribution in [0, 0.1) is 5.92 Å². The Bertz CT molecular complexity index is 393. The Labute approximate surface area is 111 Å². The fourth-order valence-corrected chi connectivity index (χ4v) is 3.04. The Hall–Kier alpha value is -1.33. The van der Waals surface area contributed by atoms with Gasteiger partial charge in [-0.1, -0.05) is 0 Å². The Morgan fingerprint density at radius 3 is 2.42 bits per heavy atom. The first-order valence-electron chi connectivity index (χ1n) is 6.59. The van der Waals surface area contributed by atoms with E-state index in [1.54, 1.807) is 20.8 Å². The number of carboxylic acids is 1. The maximum absolute atomic E-state index is 13.8. The SMILES string of the molecule is CC(C)(C)OC(=O)N1C2CCC(C1C(=O)O)[C@@H](F)C2. The number of halogens is 1. The van der Waals surface area contributed by atoms with Crippen molar-refractivity contribution in [1.29, 1.82) is 0 Å². The van der Waals surface area contributed by atoms with Crippen LogP contribution in [0.25, 0.3) is 0 Å². The number of carboxylic acid groups (broad SMARTS) is 1. The Balaban J connectivity index is 2.22. The summed E-state index contributed by atoms with van der Waals surface area (Å²) in [6.45, 7) is 5.17. The van der Waals surface area contributed by atoms with Crippen LogP contribution in [0.4, 0.5) is 9.18 Å². The van der Waals surface area contributed by atoms with Crippen molar-refractivity contribution in [2.45, 2.75) is 63.9 Å². The molecule has 6 heteroatoms. The van der Waals surface area contributed by atoms with Gasteiger partial charge in [-0.25, -0.2) is 14.0 Å². The third-order valence-electron chi connectivity index (χ3n) is 3.75. The van der Waals surface area contributed by atoms with E-state index in [0.717, 1.165) is 0 Å². The third-order valence-corrected chi connectivity index (χ3v) is 3.75. The Kier molecular flexibility index (Phi) is 3.45. The van der Waals surface area contributed by atoms with Gasteiger partial charge in [-0.15, -0.1) is 0 Å². The average Bonchev–Trinajstić information content (AvgIpc) is 2.25. The van der Waals surface area contributed by atoms with Crippen LogP contribution in [0.3, 0.4) is 0 Å². The highest BCUT2D eigenvalue weighted by molar-refractivity contribution is 5.81. The maximum atomic E-state index is 13.8. The summed E-state index contributed by atoms with van der Waals surface area (Å²) in [7, 11) is 0. The molecule has 1 amide bonds. The molecule has 0 spiro atoms. The number of nitrogens with zero attached hydrogens (tertiary/aromatic N) is 1. The number of aliphatic carboxylic acids is 1. The Morgan fingerprint density at radius 1 is 1.32 bits per heavy atom. The van der Waals surface area contributed by atoms with Crippen LogP contribution in [0.2, 0.25) is 0 Å². The van der Waals surface area contributed by atoms with Crippen molar-refractivity contribution in [2.24, 2.45) is 5.92 Å². The van der Waals surface area contributed by atoms with Crippen molar-refractivity contribution < 1.29 is 23.8 Å². The molecule has 108 valence electrons. The van der Waals surface area contributed by atoms with Crippen molar-refractivity contribution in [2.75, 3.05) is 0 Å². The van der Waals surface area contributed by atoms with Gasteiger partial charge in [0, 0.05) is 12.0 Å². The monoisotopic (exact) mass is 273 g/mol. The second kappa shape index (κ2) is 4.65. The molecule has 19 heavy (non-hydrogen) atoms. The van der Waals surface area contributed by atoms with E-state index in [9.17, 15) is 19.1 Å². The first kappa shape index (κ1) is 14.1. The molecule has 1 N–H and O–H groups in total. The van der Waals surface area contributed by atoms with Crippen LogP contribution in [-0.4, -0.2) is 45.9 Å². The number of rotatable bonds is 1. The molecule has 2 aliphatic heterocycles. The summed E-state index contributed by atoms with van der Waals surface area (Å²) in [4.78, 5) is 24.7. The van der Waals surface area contributed by atoms with E-state index in [1.807, 2.05) is 0 Å². The van der Waals surface area contributed by atoms with Gasteiger partial charge in [0.05, 0.1) is 0 Å². The van der Waals surface area contributed by atoms with Crippen molar-refractivity contribution in [3.63, 3.8) is 0 Å². The minimum absolute atomic E-state index is 0.216. The quantitative estimate of drug-likeness (QED) is 0.795. The zero-order chi connectivity index (χ0) is 14.4. The van der Waals surface area contributed by atoms with Gasteiger partial charge in [0.25, 0.3) is 0 Å². The van der Waals surface area contributed by atoms with Crippen molar-refractivity contribution >= 4 is 12.1 Å². The average molecular weight is 273 g/mol. The summed E-state index contributed by atoms with van der Waals surface area (Å²) < 4.78 is 19.1. The summed E-state index contributed by atoms with van der Waals surface area (Å²) >= 11 is 0. The predicted octanol–water partition coefficient (Wildman–Crippen LogP) is 2.20. The van der Waals surface area contributed by atoms with E-state index in [4.69, 9.17) is 4.74 Å². The molecule has 3 unspecified atom stereocenters. The van der Waals surface area contributed by atoms with Crippen LogP contribution >= 0.6 is 0 Å². The molecule has 3 rings (SSSR count). The van der Waals surface area contributed by atoms with Gasteiger partial charge in [-0.05, 0) is 40.0 Å². The molecule has 4 atom stereocenters. The van der Waals surface area contributed by atoms with Crippen LogP contribution in [0.5, 0.6) is 0 Å². The van der Waals surface area contributed by atoms with Gasteiger partial charge in [0.1, 0.15) is 17.8 Å². The standard InChI is InChI=1S/C13H20FNO4/c1-13(2,3)19-12(18)15-7-4-5-8(9(14)6-7)10(15)11(16)17/h7-10H,4-6H2,1-3H3,(H,16,17)/t7?,8?,9-,10?/m0/s1. The second-order valence-corrected chi connectivity index (χ2v) is 6.32. The van der Waals surface area contributed by atoms with Crippen LogP contribution < -0.4 is 0 Å². The van der Waals surface area contributed by atoms with Crippen LogP contribution in [-0.2, 0) is 9.53 Å². The van der Waals surface area contributed by atoms with Gasteiger partial charge in [-0.2, -0.15) is 0 Å².